The van der Waals surface area contributed by atoms with Crippen molar-refractivity contribution in [3.8, 4) is 0 Å². The van der Waals surface area contributed by atoms with E-state index in [-0.39, 0.29) is 23.9 Å². The lowest BCUT2D eigenvalue weighted by molar-refractivity contribution is 0.0524. The molecule has 4 rings (SSSR count). The Morgan fingerprint density at radius 1 is 1.18 bits per heavy atom. The highest BCUT2D eigenvalue weighted by atomic mass is 16.5. The summed E-state index contributed by atoms with van der Waals surface area (Å²) in [4.78, 5) is 29.9. The summed E-state index contributed by atoms with van der Waals surface area (Å²) in [5.41, 5.74) is 14.6. The highest BCUT2D eigenvalue weighted by Gasteiger charge is 2.29. The number of likely N-dealkylation sites (N-methyl/N-ethyl adjacent to an activating group) is 1. The van der Waals surface area contributed by atoms with E-state index in [0.29, 0.717) is 11.1 Å². The van der Waals surface area contributed by atoms with Crippen LogP contribution in [0.3, 0.4) is 0 Å². The summed E-state index contributed by atoms with van der Waals surface area (Å²) >= 11 is 0. The molecule has 0 atom stereocenters. The Bertz CT molecular complexity index is 988. The Morgan fingerprint density at radius 2 is 1.86 bits per heavy atom. The van der Waals surface area contributed by atoms with Crippen molar-refractivity contribution in [3.63, 3.8) is 0 Å². The molecule has 0 spiro atoms. The number of ether oxygens (including phenoxy) is 1. The summed E-state index contributed by atoms with van der Waals surface area (Å²) in [6.07, 6.45) is 3.65. The minimum atomic E-state index is -0.620. The number of rotatable bonds is 4. The standard InChI is InChI=1S/C20H27N5O3/c1-3-28-20(27)13-11-25(12-4-5-12)14-10-15(24-8-6-23(2)7-9-24)17(21)18(22)16(14)19(13)26/h10-12H,3-9,21-22H2,1-2H3. The summed E-state index contributed by atoms with van der Waals surface area (Å²) in [5, 5.41) is 0.313. The summed E-state index contributed by atoms with van der Waals surface area (Å²) < 4.78 is 7.07. The molecule has 2 fully saturated rings. The number of pyridine rings is 1. The van der Waals surface area contributed by atoms with Crippen molar-refractivity contribution in [1.82, 2.24) is 9.47 Å². The fourth-order valence-electron chi connectivity index (χ4n) is 3.85. The second kappa shape index (κ2) is 7.01. The van der Waals surface area contributed by atoms with Gasteiger partial charge in [-0.05, 0) is 32.9 Å². The summed E-state index contributed by atoms with van der Waals surface area (Å²) in [6.45, 7) is 5.50. The monoisotopic (exact) mass is 385 g/mol. The number of fused-ring (bicyclic) bond motifs is 1. The van der Waals surface area contributed by atoms with E-state index < -0.39 is 11.4 Å². The number of anilines is 3. The van der Waals surface area contributed by atoms with Gasteiger partial charge in [0.25, 0.3) is 0 Å². The predicted molar refractivity (Wildman–Crippen MR) is 111 cm³/mol. The zero-order valence-corrected chi connectivity index (χ0v) is 16.4. The number of nitrogens with zero attached hydrogens (tertiary/aromatic N) is 3. The van der Waals surface area contributed by atoms with Gasteiger partial charge in [-0.1, -0.05) is 0 Å². The van der Waals surface area contributed by atoms with E-state index in [2.05, 4.69) is 16.8 Å². The SMILES string of the molecule is CCOC(=O)c1cn(C2CC2)c2cc(N3CCN(C)CC3)c(N)c(N)c2c1=O. The Morgan fingerprint density at radius 3 is 2.46 bits per heavy atom. The average molecular weight is 385 g/mol. The third kappa shape index (κ3) is 3.07. The number of benzene rings is 1. The van der Waals surface area contributed by atoms with Gasteiger partial charge < -0.3 is 30.6 Å². The molecule has 0 amide bonds. The maximum Gasteiger partial charge on any atom is 0.343 e. The highest BCUT2D eigenvalue weighted by Crippen LogP contribution is 2.41. The van der Waals surface area contributed by atoms with Gasteiger partial charge in [0.05, 0.1) is 34.6 Å². The number of carbonyl (C=O) groups excluding carboxylic acids is 1. The molecule has 2 aliphatic rings. The lowest BCUT2D eigenvalue weighted by Crippen LogP contribution is -2.44. The molecule has 1 saturated carbocycles. The molecule has 1 aliphatic carbocycles. The zero-order valence-electron chi connectivity index (χ0n) is 16.4. The van der Waals surface area contributed by atoms with Gasteiger partial charge in [-0.25, -0.2) is 4.79 Å². The van der Waals surface area contributed by atoms with Crippen LogP contribution in [-0.2, 0) is 4.74 Å². The second-order valence-corrected chi connectivity index (χ2v) is 7.64. The second-order valence-electron chi connectivity index (χ2n) is 7.64. The van der Waals surface area contributed by atoms with Crippen LogP contribution in [0.2, 0.25) is 0 Å². The van der Waals surface area contributed by atoms with Gasteiger partial charge in [0.2, 0.25) is 5.43 Å². The number of piperazine rings is 1. The largest absolute Gasteiger partial charge is 0.462 e. The first-order valence-corrected chi connectivity index (χ1v) is 9.79. The molecule has 1 aromatic heterocycles. The molecule has 0 bridgehead atoms. The first-order chi connectivity index (χ1) is 13.4. The predicted octanol–water partition coefficient (Wildman–Crippen LogP) is 1.43. The molecule has 150 valence electrons. The van der Waals surface area contributed by atoms with Crippen LogP contribution >= 0.6 is 0 Å². The molecule has 8 nitrogen and oxygen atoms in total. The molecule has 28 heavy (non-hydrogen) atoms. The van der Waals surface area contributed by atoms with E-state index >= 15 is 0 Å². The van der Waals surface area contributed by atoms with E-state index in [0.717, 1.165) is 50.2 Å². The highest BCUT2D eigenvalue weighted by molar-refractivity contribution is 6.05. The minimum absolute atomic E-state index is 0.0136. The van der Waals surface area contributed by atoms with E-state index in [1.807, 2.05) is 10.6 Å². The minimum Gasteiger partial charge on any atom is -0.462 e. The van der Waals surface area contributed by atoms with Crippen LogP contribution in [0.1, 0.15) is 36.2 Å². The first kappa shape index (κ1) is 18.6. The molecule has 8 heteroatoms. The fourth-order valence-corrected chi connectivity index (χ4v) is 3.85. The van der Waals surface area contributed by atoms with E-state index in [1.165, 1.54) is 0 Å². The molecule has 2 aromatic rings. The summed E-state index contributed by atoms with van der Waals surface area (Å²) in [5.74, 6) is -0.620. The average Bonchev–Trinajstić information content (AvgIpc) is 3.50. The van der Waals surface area contributed by atoms with Gasteiger partial charge >= 0.3 is 5.97 Å². The molecule has 1 saturated heterocycles. The molecule has 0 unspecified atom stereocenters. The van der Waals surface area contributed by atoms with E-state index in [9.17, 15) is 9.59 Å². The zero-order chi connectivity index (χ0) is 20.0. The Balaban J connectivity index is 1.92. The van der Waals surface area contributed by atoms with Gasteiger partial charge in [0.1, 0.15) is 5.56 Å². The number of aromatic nitrogens is 1. The molecular weight excluding hydrogens is 358 g/mol. The van der Waals surface area contributed by atoms with Crippen molar-refractivity contribution < 1.29 is 9.53 Å². The van der Waals surface area contributed by atoms with Crippen LogP contribution < -0.4 is 21.8 Å². The number of nitrogens with two attached hydrogens (primary N) is 2. The maximum atomic E-state index is 13.1. The molecule has 4 N–H and O–H groups in total. The van der Waals surface area contributed by atoms with Crippen molar-refractivity contribution in [2.24, 2.45) is 0 Å². The topological polar surface area (TPSA) is 107 Å². The summed E-state index contributed by atoms with van der Waals surface area (Å²) in [7, 11) is 2.09. The van der Waals surface area contributed by atoms with Gasteiger partial charge in [0.15, 0.2) is 0 Å². The van der Waals surface area contributed by atoms with Crippen molar-refractivity contribution >= 4 is 33.9 Å². The molecule has 1 aliphatic heterocycles. The number of hydrogen-bond donors (Lipinski definition) is 2. The normalized spacial score (nSPS) is 17.9. The van der Waals surface area contributed by atoms with Crippen molar-refractivity contribution in [3.05, 3.63) is 28.0 Å². The maximum absolute atomic E-state index is 13.1. The lowest BCUT2D eigenvalue weighted by Gasteiger charge is -2.35. The first-order valence-electron chi connectivity index (χ1n) is 9.79. The number of hydrogen-bond acceptors (Lipinski definition) is 7. The molecule has 0 radical (unpaired) electrons. The Labute approximate surface area is 163 Å². The quantitative estimate of drug-likeness (QED) is 0.606. The smallest absolute Gasteiger partial charge is 0.343 e. The Kier molecular flexibility index (Phi) is 4.66. The van der Waals surface area contributed by atoms with Gasteiger partial charge in [-0.15, -0.1) is 0 Å². The molecule has 1 aromatic carbocycles. The van der Waals surface area contributed by atoms with Crippen LogP contribution in [-0.4, -0.2) is 55.3 Å². The van der Waals surface area contributed by atoms with Gasteiger partial charge in [-0.2, -0.15) is 0 Å². The van der Waals surface area contributed by atoms with E-state index in [1.54, 1.807) is 13.1 Å². The third-order valence-electron chi connectivity index (χ3n) is 5.66. The van der Waals surface area contributed by atoms with Crippen molar-refractivity contribution in [2.75, 3.05) is 56.2 Å². The van der Waals surface area contributed by atoms with Crippen LogP contribution in [0, 0.1) is 0 Å². The van der Waals surface area contributed by atoms with Crippen molar-refractivity contribution in [2.45, 2.75) is 25.8 Å². The third-order valence-corrected chi connectivity index (χ3v) is 5.66. The summed E-state index contributed by atoms with van der Waals surface area (Å²) in [6, 6.07) is 2.22. The fraction of sp³-hybridized carbons (Fsp3) is 0.500. The van der Waals surface area contributed by atoms with Crippen LogP contribution in [0.5, 0.6) is 0 Å². The lowest BCUT2D eigenvalue weighted by atomic mass is 10.1. The molecular formula is C20H27N5O3. The van der Waals surface area contributed by atoms with E-state index in [4.69, 9.17) is 16.2 Å². The number of nitrogen functional groups attached to an aromatic ring is 2. The van der Waals surface area contributed by atoms with Gasteiger partial charge in [0, 0.05) is 38.4 Å². The number of esters is 1. The molecule has 2 heterocycles. The number of carbonyl (C=O) groups is 1. The van der Waals surface area contributed by atoms with Crippen LogP contribution in [0.4, 0.5) is 17.1 Å². The Hall–Kier alpha value is -2.74. The van der Waals surface area contributed by atoms with Gasteiger partial charge in [-0.3, -0.25) is 4.79 Å². The van der Waals surface area contributed by atoms with Crippen molar-refractivity contribution in [1.29, 1.82) is 0 Å². The van der Waals surface area contributed by atoms with Crippen LogP contribution in [0.25, 0.3) is 10.9 Å². The van der Waals surface area contributed by atoms with Crippen LogP contribution in [0.15, 0.2) is 17.1 Å².